The Morgan fingerprint density at radius 1 is 1.13 bits per heavy atom. The number of anilines is 3. The molecule has 0 radical (unpaired) electrons. The van der Waals surface area contributed by atoms with E-state index in [1.54, 1.807) is 30.6 Å². The number of methoxy groups -OCH3 is 1. The molecule has 206 valence electrons. The van der Waals surface area contributed by atoms with Crippen LogP contribution in [-0.4, -0.2) is 51.4 Å². The molecule has 5 rings (SSSR count). The second-order valence-electron chi connectivity index (χ2n) is 9.44. The van der Waals surface area contributed by atoms with Crippen LogP contribution in [0.4, 0.5) is 30.4 Å². The minimum absolute atomic E-state index is 0.0590. The molecule has 4 N–H and O–H groups in total. The van der Waals surface area contributed by atoms with E-state index in [2.05, 4.69) is 30.7 Å². The molecule has 14 heteroatoms. The lowest BCUT2D eigenvalue weighted by atomic mass is 10.1. The second kappa shape index (κ2) is 10.5. The first kappa shape index (κ1) is 26.4. The second-order valence-corrected chi connectivity index (χ2v) is 9.44. The fraction of sp³-hybridized carbons (Fsp3) is 0.400. The topological polar surface area (TPSA) is 146 Å². The highest BCUT2D eigenvalue weighted by molar-refractivity contribution is 5.99. The number of para-hydroxylation sites is 1. The van der Waals surface area contributed by atoms with Crippen LogP contribution >= 0.6 is 0 Å². The average Bonchev–Trinajstić information content (AvgIpc) is 3.46. The molecular weight excluding hydrogens is 519 g/mol. The highest BCUT2D eigenvalue weighted by atomic mass is 19.4. The molecule has 2 aliphatic rings. The number of hydrogen-bond donors (Lipinski definition) is 3. The van der Waals surface area contributed by atoms with Crippen molar-refractivity contribution < 1.29 is 32.2 Å². The van der Waals surface area contributed by atoms with Crippen LogP contribution < -0.4 is 21.1 Å². The van der Waals surface area contributed by atoms with Crippen molar-refractivity contribution in [3.63, 3.8) is 0 Å². The molecule has 0 spiro atoms. The Kier molecular flexibility index (Phi) is 7.12. The summed E-state index contributed by atoms with van der Waals surface area (Å²) in [5, 5.41) is 17.8. The SMILES string of the molecule is COc1c(Nc2cc(NC(=O)C3CC3)nnc2C(N)=O)cccc1-c1cnn([C@@H]2CCC[C@H]2OC(F)(F)F)c1. The summed E-state index contributed by atoms with van der Waals surface area (Å²) >= 11 is 0. The summed E-state index contributed by atoms with van der Waals surface area (Å²) in [4.78, 5) is 24.2. The molecule has 0 unspecified atom stereocenters. The van der Waals surface area contributed by atoms with Crippen molar-refractivity contribution in [3.8, 4) is 16.9 Å². The Morgan fingerprint density at radius 3 is 2.62 bits per heavy atom. The quantitative estimate of drug-likeness (QED) is 0.363. The molecule has 3 aromatic rings. The fourth-order valence-corrected chi connectivity index (χ4v) is 4.71. The van der Waals surface area contributed by atoms with E-state index in [1.165, 1.54) is 17.9 Å². The molecule has 39 heavy (non-hydrogen) atoms. The predicted molar refractivity (Wildman–Crippen MR) is 133 cm³/mol. The van der Waals surface area contributed by atoms with Gasteiger partial charge in [0.1, 0.15) is 5.75 Å². The molecule has 2 aliphatic carbocycles. The third-order valence-electron chi connectivity index (χ3n) is 6.67. The minimum Gasteiger partial charge on any atom is -0.494 e. The number of rotatable bonds is 9. The third-order valence-corrected chi connectivity index (χ3v) is 6.67. The molecular formula is C25H26F3N7O4. The lowest BCUT2D eigenvalue weighted by Gasteiger charge is -2.21. The van der Waals surface area contributed by atoms with Gasteiger partial charge >= 0.3 is 6.36 Å². The molecule has 2 amide bonds. The largest absolute Gasteiger partial charge is 0.522 e. The Balaban J connectivity index is 1.43. The molecule has 2 saturated carbocycles. The Labute approximate surface area is 220 Å². The zero-order chi connectivity index (χ0) is 27.7. The van der Waals surface area contributed by atoms with Gasteiger partial charge in [0.25, 0.3) is 5.91 Å². The van der Waals surface area contributed by atoms with E-state index in [0.29, 0.717) is 35.4 Å². The summed E-state index contributed by atoms with van der Waals surface area (Å²) in [6.07, 6.45) is 0.444. The standard InChI is InChI=1S/C25H26F3N7O4/c1-38-22-15(14-11-30-35(12-14)18-6-3-7-19(18)39-25(26,27)28)4-2-5-16(22)31-17-10-20(32-24(37)13-8-9-13)33-34-21(17)23(29)36/h2,4-5,10-13,18-19H,3,6-9H2,1H3,(H2,29,36)(H2,31,32,33,37)/t18-,19-/m1/s1. The van der Waals surface area contributed by atoms with Crippen molar-refractivity contribution in [3.05, 3.63) is 42.4 Å². The van der Waals surface area contributed by atoms with E-state index in [0.717, 1.165) is 12.8 Å². The maximum atomic E-state index is 12.9. The predicted octanol–water partition coefficient (Wildman–Crippen LogP) is 4.17. The number of nitrogens with zero attached hydrogens (tertiary/aromatic N) is 4. The van der Waals surface area contributed by atoms with Crippen molar-refractivity contribution in [1.29, 1.82) is 0 Å². The summed E-state index contributed by atoms with van der Waals surface area (Å²) in [5.74, 6) is -0.529. The van der Waals surface area contributed by atoms with Crippen LogP contribution in [-0.2, 0) is 9.53 Å². The molecule has 2 heterocycles. The summed E-state index contributed by atoms with van der Waals surface area (Å²) < 4.78 is 50.1. The number of nitrogens with two attached hydrogens (primary N) is 1. The number of alkyl halides is 3. The maximum Gasteiger partial charge on any atom is 0.522 e. The minimum atomic E-state index is -4.72. The first-order valence-corrected chi connectivity index (χ1v) is 12.3. The normalized spacial score (nSPS) is 19.1. The van der Waals surface area contributed by atoms with Crippen LogP contribution in [0.1, 0.15) is 48.6 Å². The zero-order valence-electron chi connectivity index (χ0n) is 20.9. The Morgan fingerprint density at radius 2 is 1.92 bits per heavy atom. The number of carbonyl (C=O) groups excluding carboxylic acids is 2. The number of amides is 2. The lowest BCUT2D eigenvalue weighted by molar-refractivity contribution is -0.345. The Hall–Kier alpha value is -4.20. The van der Waals surface area contributed by atoms with Crippen molar-refractivity contribution in [2.24, 2.45) is 11.7 Å². The number of aromatic nitrogens is 4. The third kappa shape index (κ3) is 5.95. The smallest absolute Gasteiger partial charge is 0.494 e. The van der Waals surface area contributed by atoms with Gasteiger partial charge in [0, 0.05) is 29.3 Å². The van der Waals surface area contributed by atoms with Crippen LogP contribution in [0, 0.1) is 5.92 Å². The van der Waals surface area contributed by atoms with E-state index >= 15 is 0 Å². The summed E-state index contributed by atoms with van der Waals surface area (Å²) in [6.45, 7) is 0. The molecule has 2 fully saturated rings. The van der Waals surface area contributed by atoms with E-state index in [4.69, 9.17) is 10.5 Å². The zero-order valence-corrected chi connectivity index (χ0v) is 20.9. The molecule has 11 nitrogen and oxygen atoms in total. The van der Waals surface area contributed by atoms with Crippen LogP contribution in [0.2, 0.25) is 0 Å². The van der Waals surface area contributed by atoms with E-state index < -0.39 is 24.4 Å². The van der Waals surface area contributed by atoms with Gasteiger partial charge in [-0.05, 0) is 38.2 Å². The highest BCUT2D eigenvalue weighted by Gasteiger charge is 2.40. The monoisotopic (exact) mass is 545 g/mol. The van der Waals surface area contributed by atoms with Gasteiger partial charge < -0.3 is 21.1 Å². The van der Waals surface area contributed by atoms with Gasteiger partial charge in [0.05, 0.1) is 36.8 Å². The maximum absolute atomic E-state index is 12.9. The van der Waals surface area contributed by atoms with E-state index in [9.17, 15) is 22.8 Å². The van der Waals surface area contributed by atoms with Gasteiger partial charge in [-0.2, -0.15) is 5.10 Å². The first-order chi connectivity index (χ1) is 18.6. The van der Waals surface area contributed by atoms with Crippen LogP contribution in [0.15, 0.2) is 36.7 Å². The summed E-state index contributed by atoms with van der Waals surface area (Å²) in [6, 6.07) is 6.10. The van der Waals surface area contributed by atoms with Crippen LogP contribution in [0.25, 0.3) is 11.1 Å². The number of ether oxygens (including phenoxy) is 2. The average molecular weight is 546 g/mol. The van der Waals surface area contributed by atoms with Gasteiger partial charge in [-0.15, -0.1) is 23.4 Å². The first-order valence-electron chi connectivity index (χ1n) is 12.3. The van der Waals surface area contributed by atoms with Crippen molar-refractivity contribution >= 4 is 29.0 Å². The Bertz CT molecular complexity index is 1390. The molecule has 1 aromatic carbocycles. The summed E-state index contributed by atoms with van der Waals surface area (Å²) in [5.41, 5.74) is 7.20. The van der Waals surface area contributed by atoms with E-state index in [-0.39, 0.29) is 35.4 Å². The number of halogens is 3. The molecule has 0 bridgehead atoms. The van der Waals surface area contributed by atoms with Crippen molar-refractivity contribution in [2.75, 3.05) is 17.7 Å². The number of primary amides is 1. The van der Waals surface area contributed by atoms with Gasteiger partial charge in [-0.25, -0.2) is 0 Å². The molecule has 2 atom stereocenters. The highest BCUT2D eigenvalue weighted by Crippen LogP contribution is 2.41. The lowest BCUT2D eigenvalue weighted by Crippen LogP contribution is -2.28. The number of carbonyl (C=O) groups is 2. The summed E-state index contributed by atoms with van der Waals surface area (Å²) in [7, 11) is 1.46. The number of nitrogens with one attached hydrogen (secondary N) is 2. The number of hydrogen-bond acceptors (Lipinski definition) is 8. The van der Waals surface area contributed by atoms with Gasteiger partial charge in [-0.1, -0.05) is 12.1 Å². The van der Waals surface area contributed by atoms with Crippen molar-refractivity contribution in [2.45, 2.75) is 50.6 Å². The van der Waals surface area contributed by atoms with Gasteiger partial charge in [0.2, 0.25) is 5.91 Å². The fourth-order valence-electron chi connectivity index (χ4n) is 4.71. The van der Waals surface area contributed by atoms with E-state index in [1.807, 2.05) is 0 Å². The van der Waals surface area contributed by atoms with Crippen LogP contribution in [0.5, 0.6) is 5.75 Å². The van der Waals surface area contributed by atoms with Crippen LogP contribution in [0.3, 0.4) is 0 Å². The van der Waals surface area contributed by atoms with Gasteiger partial charge in [-0.3, -0.25) is 19.0 Å². The number of benzene rings is 1. The molecule has 0 saturated heterocycles. The molecule has 2 aromatic heterocycles. The van der Waals surface area contributed by atoms with Crippen molar-refractivity contribution in [1.82, 2.24) is 20.0 Å². The molecule has 0 aliphatic heterocycles. The van der Waals surface area contributed by atoms with Gasteiger partial charge in [0.15, 0.2) is 11.5 Å².